The lowest BCUT2D eigenvalue weighted by Crippen LogP contribution is -2.18. The van der Waals surface area contributed by atoms with Crippen molar-refractivity contribution in [2.24, 2.45) is 0 Å². The van der Waals surface area contributed by atoms with Gasteiger partial charge in [-0.3, -0.25) is 4.90 Å². The molecule has 17 heavy (non-hydrogen) atoms. The van der Waals surface area contributed by atoms with Crippen LogP contribution in [0.2, 0.25) is 0 Å². The van der Waals surface area contributed by atoms with Crippen molar-refractivity contribution in [2.45, 2.75) is 33.4 Å². The van der Waals surface area contributed by atoms with Crippen LogP contribution in [0.25, 0.3) is 0 Å². The van der Waals surface area contributed by atoms with Crippen molar-refractivity contribution >= 4 is 0 Å². The van der Waals surface area contributed by atoms with Crippen LogP contribution in [0.4, 0.5) is 0 Å². The molecule has 2 rings (SSSR count). The minimum absolute atomic E-state index is 0.583. The molecule has 0 unspecified atom stereocenters. The van der Waals surface area contributed by atoms with Gasteiger partial charge in [0.1, 0.15) is 11.4 Å². The van der Waals surface area contributed by atoms with Crippen LogP contribution in [0.15, 0.2) is 9.15 Å². The lowest BCUT2D eigenvalue weighted by atomic mass is 10.3. The van der Waals surface area contributed by atoms with Gasteiger partial charge in [-0.05, 0) is 14.0 Å². The van der Waals surface area contributed by atoms with Gasteiger partial charge in [0, 0.05) is 13.0 Å². The molecule has 0 aliphatic rings. The Morgan fingerprint density at radius 3 is 2.59 bits per heavy atom. The Labute approximate surface area is 98.8 Å². The predicted octanol–water partition coefficient (Wildman–Crippen LogP) is 0.955. The van der Waals surface area contributed by atoms with Crippen LogP contribution in [0.3, 0.4) is 0 Å². The fourth-order valence-corrected chi connectivity index (χ4v) is 1.43. The molecule has 7 nitrogen and oxygen atoms in total. The third kappa shape index (κ3) is 2.88. The van der Waals surface area contributed by atoms with Crippen molar-refractivity contribution in [3.63, 3.8) is 0 Å². The third-order valence-corrected chi connectivity index (χ3v) is 2.40. The molecule has 92 valence electrons. The Hall–Kier alpha value is -1.76. The van der Waals surface area contributed by atoms with Gasteiger partial charge < -0.3 is 4.52 Å². The highest BCUT2D eigenvalue weighted by Gasteiger charge is 2.12. The summed E-state index contributed by atoms with van der Waals surface area (Å²) in [6.45, 7) is 5.07. The van der Waals surface area contributed by atoms with Crippen molar-refractivity contribution in [1.29, 1.82) is 0 Å². The maximum atomic E-state index is 5.11. The molecule has 0 spiro atoms. The van der Waals surface area contributed by atoms with E-state index in [1.54, 1.807) is 0 Å². The largest absolute Gasteiger partial charge is 0.338 e. The second-order valence-electron chi connectivity index (χ2n) is 3.93. The van der Waals surface area contributed by atoms with Gasteiger partial charge in [-0.15, -0.1) is 0 Å². The highest BCUT2D eigenvalue weighted by atomic mass is 16.6. The smallest absolute Gasteiger partial charge is 0.240 e. The molecule has 0 N–H and O–H groups in total. The van der Waals surface area contributed by atoms with E-state index >= 15 is 0 Å². The molecule has 0 amide bonds. The van der Waals surface area contributed by atoms with E-state index in [4.69, 9.17) is 4.52 Å². The van der Waals surface area contributed by atoms with E-state index < -0.39 is 0 Å². The first-order valence-electron chi connectivity index (χ1n) is 5.47. The highest BCUT2D eigenvalue weighted by Crippen LogP contribution is 2.07. The number of aromatic nitrogens is 4. The number of aryl methyl sites for hydroxylation is 2. The van der Waals surface area contributed by atoms with E-state index in [9.17, 15) is 0 Å². The van der Waals surface area contributed by atoms with Crippen LogP contribution in [0.1, 0.15) is 30.0 Å². The van der Waals surface area contributed by atoms with Crippen LogP contribution >= 0.6 is 0 Å². The van der Waals surface area contributed by atoms with E-state index in [1.807, 2.05) is 25.8 Å². The second-order valence-corrected chi connectivity index (χ2v) is 3.93. The molecular weight excluding hydrogens is 222 g/mol. The molecule has 0 aliphatic carbocycles. The summed E-state index contributed by atoms with van der Waals surface area (Å²) >= 11 is 0. The first kappa shape index (κ1) is 11.7. The van der Waals surface area contributed by atoms with Gasteiger partial charge in [0.15, 0.2) is 5.82 Å². The van der Waals surface area contributed by atoms with Crippen LogP contribution in [-0.4, -0.2) is 32.4 Å². The second kappa shape index (κ2) is 5.05. The molecule has 0 saturated heterocycles. The number of hydrogen-bond donors (Lipinski definition) is 0. The topological polar surface area (TPSA) is 81.1 Å². The summed E-state index contributed by atoms with van der Waals surface area (Å²) < 4.78 is 9.75. The normalized spacial score (nSPS) is 11.3. The molecule has 7 heteroatoms. The maximum Gasteiger partial charge on any atom is 0.240 e. The van der Waals surface area contributed by atoms with Gasteiger partial charge >= 0.3 is 0 Å². The molecule has 0 radical (unpaired) electrons. The minimum atomic E-state index is 0.583. The zero-order valence-electron chi connectivity index (χ0n) is 10.2. The average Bonchev–Trinajstić information content (AvgIpc) is 2.89. The van der Waals surface area contributed by atoms with Crippen LogP contribution in [0, 0.1) is 6.92 Å². The van der Waals surface area contributed by atoms with Gasteiger partial charge in [0.25, 0.3) is 0 Å². The summed E-state index contributed by atoms with van der Waals surface area (Å²) in [5, 5.41) is 11.4. The third-order valence-electron chi connectivity index (χ3n) is 2.40. The summed E-state index contributed by atoms with van der Waals surface area (Å²) in [5.41, 5.74) is 1.62. The van der Waals surface area contributed by atoms with Gasteiger partial charge in [0.05, 0.1) is 6.54 Å². The zero-order chi connectivity index (χ0) is 12.3. The van der Waals surface area contributed by atoms with Crippen molar-refractivity contribution in [1.82, 2.24) is 25.4 Å². The van der Waals surface area contributed by atoms with E-state index in [1.165, 1.54) is 0 Å². The molecule has 0 bridgehead atoms. The zero-order valence-corrected chi connectivity index (χ0v) is 10.2. The quantitative estimate of drug-likeness (QED) is 0.765. The Kier molecular flexibility index (Phi) is 3.48. The van der Waals surface area contributed by atoms with Crippen LogP contribution in [0.5, 0.6) is 0 Å². The van der Waals surface area contributed by atoms with Crippen LogP contribution < -0.4 is 0 Å². The molecule has 0 fully saturated rings. The SMILES string of the molecule is CCc1noc(CN(C)Cc2nonc2C)n1. The molecule has 0 aromatic carbocycles. The Morgan fingerprint density at radius 2 is 2.00 bits per heavy atom. The van der Waals surface area contributed by atoms with Crippen molar-refractivity contribution < 1.29 is 9.15 Å². The summed E-state index contributed by atoms with van der Waals surface area (Å²) in [6.07, 6.45) is 0.777. The van der Waals surface area contributed by atoms with Crippen molar-refractivity contribution in [3.8, 4) is 0 Å². The fraction of sp³-hybridized carbons (Fsp3) is 0.600. The number of nitrogens with zero attached hydrogens (tertiary/aromatic N) is 5. The molecule has 0 aliphatic heterocycles. The molecule has 2 aromatic rings. The average molecular weight is 237 g/mol. The van der Waals surface area contributed by atoms with Crippen molar-refractivity contribution in [3.05, 3.63) is 23.1 Å². The predicted molar refractivity (Wildman–Crippen MR) is 57.9 cm³/mol. The summed E-state index contributed by atoms with van der Waals surface area (Å²) in [4.78, 5) is 6.25. The summed E-state index contributed by atoms with van der Waals surface area (Å²) in [5.74, 6) is 1.34. The fourth-order valence-electron chi connectivity index (χ4n) is 1.43. The first-order chi connectivity index (χ1) is 8.19. The lowest BCUT2D eigenvalue weighted by Gasteiger charge is -2.11. The van der Waals surface area contributed by atoms with Crippen molar-refractivity contribution in [2.75, 3.05) is 7.05 Å². The van der Waals surface area contributed by atoms with Gasteiger partial charge in [0.2, 0.25) is 5.89 Å². The number of hydrogen-bond acceptors (Lipinski definition) is 7. The Bertz CT molecular complexity index is 479. The molecule has 0 atom stereocenters. The lowest BCUT2D eigenvalue weighted by molar-refractivity contribution is 0.248. The highest BCUT2D eigenvalue weighted by molar-refractivity contribution is 5.04. The van der Waals surface area contributed by atoms with E-state index in [0.717, 1.165) is 23.6 Å². The Balaban J connectivity index is 1.93. The minimum Gasteiger partial charge on any atom is -0.338 e. The van der Waals surface area contributed by atoms with Gasteiger partial charge in [-0.1, -0.05) is 22.4 Å². The first-order valence-corrected chi connectivity index (χ1v) is 5.47. The molecule has 2 aromatic heterocycles. The van der Waals surface area contributed by atoms with E-state index in [0.29, 0.717) is 19.0 Å². The van der Waals surface area contributed by atoms with Crippen LogP contribution in [-0.2, 0) is 19.5 Å². The maximum absolute atomic E-state index is 5.11. The number of rotatable bonds is 5. The summed E-state index contributed by atoms with van der Waals surface area (Å²) in [7, 11) is 1.95. The molecular formula is C10H15N5O2. The van der Waals surface area contributed by atoms with Gasteiger partial charge in [-0.2, -0.15) is 4.98 Å². The van der Waals surface area contributed by atoms with E-state index in [2.05, 4.69) is 25.1 Å². The van der Waals surface area contributed by atoms with Gasteiger partial charge in [-0.25, -0.2) is 4.63 Å². The standard InChI is InChI=1S/C10H15N5O2/c1-4-9-11-10(16-14-9)6-15(3)5-8-7(2)12-17-13-8/h4-6H2,1-3H3. The molecule has 2 heterocycles. The Morgan fingerprint density at radius 1 is 1.18 bits per heavy atom. The molecule has 0 saturated carbocycles. The summed E-state index contributed by atoms with van der Waals surface area (Å²) in [6, 6.07) is 0. The van der Waals surface area contributed by atoms with E-state index in [-0.39, 0.29) is 0 Å². The monoisotopic (exact) mass is 237 g/mol.